The molecule has 0 fully saturated rings. The molecule has 1 aliphatic rings. The molecule has 0 saturated carbocycles. The van der Waals surface area contributed by atoms with Gasteiger partial charge in [0.1, 0.15) is 16.5 Å². The third-order valence-electron chi connectivity index (χ3n) is 4.73. The summed E-state index contributed by atoms with van der Waals surface area (Å²) in [4.78, 5) is 39.4. The highest BCUT2D eigenvalue weighted by atomic mass is 32.1. The SMILES string of the molecule is CCOC(=O)N1CCc2c(sc(NC(=O)COc3ccc(OCC)cc3)c2C(=O)OC)C1. The largest absolute Gasteiger partial charge is 0.494 e. The second-order valence-corrected chi connectivity index (χ2v) is 7.92. The van der Waals surface area contributed by atoms with E-state index in [0.29, 0.717) is 48.2 Å². The number of ether oxygens (including phenoxy) is 4. The number of thiophene rings is 1. The normalized spacial score (nSPS) is 12.5. The Hall–Kier alpha value is -3.27. The summed E-state index contributed by atoms with van der Waals surface area (Å²) in [5.41, 5.74) is 1.11. The monoisotopic (exact) mass is 462 g/mol. The van der Waals surface area contributed by atoms with Gasteiger partial charge in [0.25, 0.3) is 5.91 Å². The van der Waals surface area contributed by atoms with Gasteiger partial charge in [-0.1, -0.05) is 0 Å². The number of nitrogens with one attached hydrogen (secondary N) is 1. The van der Waals surface area contributed by atoms with Crippen LogP contribution < -0.4 is 14.8 Å². The summed E-state index contributed by atoms with van der Waals surface area (Å²) in [6.45, 7) is 4.99. The van der Waals surface area contributed by atoms with Crippen LogP contribution in [0.2, 0.25) is 0 Å². The van der Waals surface area contributed by atoms with Crippen LogP contribution in [0.25, 0.3) is 0 Å². The maximum absolute atomic E-state index is 12.5. The Bertz CT molecular complexity index is 971. The topological polar surface area (TPSA) is 103 Å². The number of benzene rings is 1. The summed E-state index contributed by atoms with van der Waals surface area (Å²) in [7, 11) is 1.29. The van der Waals surface area contributed by atoms with Crippen LogP contribution in [0.1, 0.15) is 34.6 Å². The van der Waals surface area contributed by atoms with Crippen LogP contribution >= 0.6 is 11.3 Å². The minimum Gasteiger partial charge on any atom is -0.494 e. The van der Waals surface area contributed by atoms with Crippen molar-refractivity contribution in [3.05, 3.63) is 40.3 Å². The van der Waals surface area contributed by atoms with Gasteiger partial charge in [0.15, 0.2) is 6.61 Å². The molecule has 172 valence electrons. The molecule has 0 radical (unpaired) electrons. The quantitative estimate of drug-likeness (QED) is 0.599. The summed E-state index contributed by atoms with van der Waals surface area (Å²) in [6, 6.07) is 6.95. The number of rotatable bonds is 8. The smallest absolute Gasteiger partial charge is 0.410 e. The molecule has 10 heteroatoms. The second kappa shape index (κ2) is 10.9. The van der Waals surface area contributed by atoms with Crippen molar-refractivity contribution in [2.45, 2.75) is 26.8 Å². The van der Waals surface area contributed by atoms with E-state index in [1.807, 2.05) is 6.92 Å². The fourth-order valence-electron chi connectivity index (χ4n) is 3.29. The average Bonchev–Trinajstić information content (AvgIpc) is 3.15. The summed E-state index contributed by atoms with van der Waals surface area (Å²) in [5, 5.41) is 3.13. The third kappa shape index (κ3) is 5.50. The number of fused-ring (bicyclic) bond motifs is 1. The number of methoxy groups -OCH3 is 1. The minimum atomic E-state index is -0.533. The Labute approximate surface area is 190 Å². The number of carbonyl (C=O) groups excluding carboxylic acids is 3. The van der Waals surface area contributed by atoms with Gasteiger partial charge in [0.2, 0.25) is 0 Å². The first-order valence-electron chi connectivity index (χ1n) is 10.3. The van der Waals surface area contributed by atoms with Crippen molar-refractivity contribution in [1.29, 1.82) is 0 Å². The molecule has 0 bridgehead atoms. The van der Waals surface area contributed by atoms with Gasteiger partial charge < -0.3 is 29.2 Å². The van der Waals surface area contributed by atoms with Crippen LogP contribution in [0.4, 0.5) is 9.80 Å². The zero-order valence-corrected chi connectivity index (χ0v) is 19.1. The van der Waals surface area contributed by atoms with Gasteiger partial charge in [0, 0.05) is 11.4 Å². The highest BCUT2D eigenvalue weighted by Crippen LogP contribution is 2.37. The van der Waals surface area contributed by atoms with Gasteiger partial charge in [-0.2, -0.15) is 0 Å². The molecule has 0 aliphatic carbocycles. The fraction of sp³-hybridized carbons (Fsp3) is 0.409. The lowest BCUT2D eigenvalue weighted by Crippen LogP contribution is -2.36. The van der Waals surface area contributed by atoms with E-state index in [-0.39, 0.29) is 13.2 Å². The van der Waals surface area contributed by atoms with E-state index in [1.54, 1.807) is 36.1 Å². The van der Waals surface area contributed by atoms with Crippen LogP contribution in [0.5, 0.6) is 11.5 Å². The molecule has 2 aromatic rings. The van der Waals surface area contributed by atoms with E-state index in [0.717, 1.165) is 10.4 Å². The van der Waals surface area contributed by atoms with E-state index in [2.05, 4.69) is 5.32 Å². The van der Waals surface area contributed by atoms with Crippen LogP contribution in [-0.4, -0.2) is 56.3 Å². The molecule has 2 heterocycles. The van der Waals surface area contributed by atoms with E-state index >= 15 is 0 Å². The zero-order valence-electron chi connectivity index (χ0n) is 18.3. The number of anilines is 1. The molecule has 32 heavy (non-hydrogen) atoms. The van der Waals surface area contributed by atoms with Crippen molar-refractivity contribution >= 4 is 34.3 Å². The number of carbonyl (C=O) groups is 3. The van der Waals surface area contributed by atoms with Crippen molar-refractivity contribution in [1.82, 2.24) is 4.90 Å². The molecular formula is C22H26N2O7S. The van der Waals surface area contributed by atoms with Crippen molar-refractivity contribution in [3.63, 3.8) is 0 Å². The molecule has 1 aromatic carbocycles. The van der Waals surface area contributed by atoms with Crippen LogP contribution in [0.15, 0.2) is 24.3 Å². The summed E-state index contributed by atoms with van der Waals surface area (Å²) < 4.78 is 20.9. The minimum absolute atomic E-state index is 0.230. The zero-order chi connectivity index (χ0) is 23.1. The molecule has 1 N–H and O–H groups in total. The first-order valence-corrected chi connectivity index (χ1v) is 11.1. The number of hydrogen-bond donors (Lipinski definition) is 1. The van der Waals surface area contributed by atoms with Gasteiger partial charge in [-0.25, -0.2) is 9.59 Å². The maximum atomic E-state index is 12.5. The summed E-state index contributed by atoms with van der Waals surface area (Å²) in [6.07, 6.45) is 0.0636. The second-order valence-electron chi connectivity index (χ2n) is 6.81. The van der Waals surface area contributed by atoms with Crippen LogP contribution in [0, 0.1) is 0 Å². The van der Waals surface area contributed by atoms with Crippen LogP contribution in [0.3, 0.4) is 0 Å². The van der Waals surface area contributed by atoms with Crippen molar-refractivity contribution in [2.75, 3.05) is 38.8 Å². The van der Waals surface area contributed by atoms with E-state index in [1.165, 1.54) is 18.4 Å². The van der Waals surface area contributed by atoms with Gasteiger partial charge in [-0.15, -0.1) is 11.3 Å². The van der Waals surface area contributed by atoms with Gasteiger partial charge in [0.05, 0.1) is 32.4 Å². The van der Waals surface area contributed by atoms with Crippen molar-refractivity contribution < 1.29 is 33.3 Å². The highest BCUT2D eigenvalue weighted by Gasteiger charge is 2.31. The Kier molecular flexibility index (Phi) is 7.93. The van der Waals surface area contributed by atoms with E-state index < -0.39 is 18.0 Å². The molecule has 0 saturated heterocycles. The number of hydrogen-bond acceptors (Lipinski definition) is 8. The molecule has 1 aromatic heterocycles. The third-order valence-corrected chi connectivity index (χ3v) is 5.86. The first-order chi connectivity index (χ1) is 15.5. The van der Waals surface area contributed by atoms with E-state index in [9.17, 15) is 14.4 Å². The van der Waals surface area contributed by atoms with Crippen molar-refractivity contribution in [2.24, 2.45) is 0 Å². The Morgan fingerprint density at radius 3 is 2.38 bits per heavy atom. The van der Waals surface area contributed by atoms with E-state index in [4.69, 9.17) is 18.9 Å². The molecule has 0 spiro atoms. The Morgan fingerprint density at radius 2 is 1.75 bits per heavy atom. The first kappa shape index (κ1) is 23.4. The molecule has 2 amide bonds. The molecule has 3 rings (SSSR count). The molecule has 0 atom stereocenters. The number of nitrogens with zero attached hydrogens (tertiary/aromatic N) is 1. The lowest BCUT2D eigenvalue weighted by Gasteiger charge is -2.26. The van der Waals surface area contributed by atoms with Crippen LogP contribution in [-0.2, 0) is 27.2 Å². The maximum Gasteiger partial charge on any atom is 0.410 e. The Morgan fingerprint density at radius 1 is 1.06 bits per heavy atom. The lowest BCUT2D eigenvalue weighted by molar-refractivity contribution is -0.118. The Balaban J connectivity index is 1.69. The standard InChI is InChI=1S/C22H26N2O7S/c1-4-29-14-6-8-15(9-7-14)31-13-18(25)23-20-19(21(26)28-3)16-10-11-24(12-17(16)32-20)22(27)30-5-2/h6-9H,4-5,10-13H2,1-3H3,(H,23,25). The predicted octanol–water partition coefficient (Wildman–Crippen LogP) is 3.47. The molecular weight excluding hydrogens is 436 g/mol. The van der Waals surface area contributed by atoms with Gasteiger partial charge in [-0.3, -0.25) is 4.79 Å². The van der Waals surface area contributed by atoms with Gasteiger partial charge >= 0.3 is 12.1 Å². The molecule has 0 unspecified atom stereocenters. The number of amides is 2. The fourth-order valence-corrected chi connectivity index (χ4v) is 4.56. The van der Waals surface area contributed by atoms with Crippen molar-refractivity contribution in [3.8, 4) is 11.5 Å². The predicted molar refractivity (Wildman–Crippen MR) is 119 cm³/mol. The lowest BCUT2D eigenvalue weighted by atomic mass is 10.0. The molecule has 1 aliphatic heterocycles. The number of esters is 1. The highest BCUT2D eigenvalue weighted by molar-refractivity contribution is 7.17. The average molecular weight is 463 g/mol. The summed E-state index contributed by atoms with van der Waals surface area (Å²) >= 11 is 1.25. The molecule has 9 nitrogen and oxygen atoms in total. The summed E-state index contributed by atoms with van der Waals surface area (Å²) in [5.74, 6) is 0.292. The van der Waals surface area contributed by atoms with Gasteiger partial charge in [-0.05, 0) is 50.1 Å².